The number of halogens is 3. The van der Waals surface area contributed by atoms with Crippen molar-refractivity contribution in [2.24, 2.45) is 4.99 Å². The van der Waals surface area contributed by atoms with Crippen LogP contribution in [0, 0.1) is 10.1 Å². The van der Waals surface area contributed by atoms with Crippen LogP contribution in [0.1, 0.15) is 16.7 Å². The highest BCUT2D eigenvalue weighted by molar-refractivity contribution is 6.13. The summed E-state index contributed by atoms with van der Waals surface area (Å²) in [7, 11) is 0. The number of benzene rings is 2. The van der Waals surface area contributed by atoms with Crippen molar-refractivity contribution in [3.05, 3.63) is 81.0 Å². The first kappa shape index (κ1) is 17.3. The molecule has 0 saturated carbocycles. The van der Waals surface area contributed by atoms with Crippen LogP contribution in [0.25, 0.3) is 6.08 Å². The van der Waals surface area contributed by atoms with Crippen molar-refractivity contribution in [3.8, 4) is 0 Å². The highest BCUT2D eigenvalue weighted by atomic mass is 19.4. The molecule has 1 aliphatic heterocycles. The number of carbonyl (C=O) groups excluding carboxylic acids is 1. The van der Waals surface area contributed by atoms with Crippen LogP contribution >= 0.6 is 0 Å². The van der Waals surface area contributed by atoms with Crippen molar-refractivity contribution < 1.29 is 27.6 Å². The molecule has 1 heterocycles. The van der Waals surface area contributed by atoms with Gasteiger partial charge in [0, 0.05) is 17.7 Å². The van der Waals surface area contributed by atoms with Gasteiger partial charge in [0.05, 0.1) is 10.5 Å². The summed E-state index contributed by atoms with van der Waals surface area (Å²) in [5.41, 5.74) is -1.56. The van der Waals surface area contributed by atoms with E-state index in [0.29, 0.717) is 0 Å². The fourth-order valence-electron chi connectivity index (χ4n) is 2.31. The molecule has 26 heavy (non-hydrogen) atoms. The SMILES string of the molecule is O=C1OC(c2cccc([N+](=O)[O-])c2)=NC1=Cc1ccccc1C(F)(F)F. The molecule has 132 valence electrons. The highest BCUT2D eigenvalue weighted by Gasteiger charge is 2.33. The van der Waals surface area contributed by atoms with Crippen LogP contribution in [0.4, 0.5) is 18.9 Å². The summed E-state index contributed by atoms with van der Waals surface area (Å²) in [5.74, 6) is -1.15. The number of carbonyl (C=O) groups is 1. The molecule has 0 unspecified atom stereocenters. The summed E-state index contributed by atoms with van der Waals surface area (Å²) in [6, 6.07) is 9.93. The third-order valence-electron chi connectivity index (χ3n) is 3.48. The number of nitro benzene ring substituents is 1. The molecule has 2 aromatic carbocycles. The molecule has 0 N–H and O–H groups in total. The van der Waals surface area contributed by atoms with Gasteiger partial charge in [0.2, 0.25) is 5.90 Å². The molecule has 3 rings (SSSR count). The number of hydrogen-bond donors (Lipinski definition) is 0. The predicted molar refractivity (Wildman–Crippen MR) is 85.1 cm³/mol. The topological polar surface area (TPSA) is 81.8 Å². The molecule has 6 nitrogen and oxygen atoms in total. The summed E-state index contributed by atoms with van der Waals surface area (Å²) in [4.78, 5) is 26.0. The zero-order valence-electron chi connectivity index (χ0n) is 12.9. The van der Waals surface area contributed by atoms with E-state index in [4.69, 9.17) is 4.74 Å². The number of ether oxygens (including phenoxy) is 1. The first-order valence-corrected chi connectivity index (χ1v) is 7.19. The van der Waals surface area contributed by atoms with Crippen molar-refractivity contribution in [2.75, 3.05) is 0 Å². The Balaban J connectivity index is 2.01. The molecule has 0 radical (unpaired) electrons. The summed E-state index contributed by atoms with van der Waals surface area (Å²) in [6.07, 6.45) is -3.63. The van der Waals surface area contributed by atoms with Crippen molar-refractivity contribution >= 4 is 23.6 Å². The zero-order chi connectivity index (χ0) is 18.9. The van der Waals surface area contributed by atoms with Crippen molar-refractivity contribution in [1.82, 2.24) is 0 Å². The van der Waals surface area contributed by atoms with Gasteiger partial charge in [0.15, 0.2) is 5.70 Å². The number of esters is 1. The lowest BCUT2D eigenvalue weighted by Crippen LogP contribution is -2.08. The number of aliphatic imine (C=N–C) groups is 1. The van der Waals surface area contributed by atoms with Gasteiger partial charge in [-0.2, -0.15) is 13.2 Å². The lowest BCUT2D eigenvalue weighted by atomic mass is 10.1. The standard InChI is InChI=1S/C17H9F3N2O4/c18-17(19,20)13-7-2-1-4-10(13)9-14-16(23)26-15(21-14)11-5-3-6-12(8-11)22(24)25/h1-9H. The molecular formula is C17H9F3N2O4. The van der Waals surface area contributed by atoms with Gasteiger partial charge >= 0.3 is 12.1 Å². The van der Waals surface area contributed by atoms with Gasteiger partial charge in [0.25, 0.3) is 5.69 Å². The van der Waals surface area contributed by atoms with Gasteiger partial charge in [-0.15, -0.1) is 0 Å². The second kappa shape index (κ2) is 6.43. The summed E-state index contributed by atoms with van der Waals surface area (Å²) < 4.78 is 44.0. The minimum atomic E-state index is -4.59. The predicted octanol–water partition coefficient (Wildman–Crippen LogP) is 3.96. The molecule has 0 atom stereocenters. The quantitative estimate of drug-likeness (QED) is 0.358. The molecule has 0 spiro atoms. The zero-order valence-corrected chi connectivity index (χ0v) is 12.9. The molecule has 0 aliphatic carbocycles. The highest BCUT2D eigenvalue weighted by Crippen LogP contribution is 2.33. The third kappa shape index (κ3) is 3.46. The fraction of sp³-hybridized carbons (Fsp3) is 0.0588. The number of nitrogens with zero attached hydrogens (tertiary/aromatic N) is 2. The molecule has 1 aliphatic rings. The van der Waals surface area contributed by atoms with Crippen LogP contribution in [-0.4, -0.2) is 16.8 Å². The number of rotatable bonds is 3. The van der Waals surface area contributed by atoms with E-state index < -0.39 is 22.6 Å². The normalized spacial score (nSPS) is 15.7. The van der Waals surface area contributed by atoms with E-state index in [1.54, 1.807) is 0 Å². The maximum atomic E-state index is 13.0. The minimum absolute atomic E-state index is 0.167. The van der Waals surface area contributed by atoms with Crippen LogP contribution in [0.2, 0.25) is 0 Å². The Bertz CT molecular complexity index is 964. The van der Waals surface area contributed by atoms with Crippen LogP contribution in [-0.2, 0) is 15.7 Å². The van der Waals surface area contributed by atoms with E-state index in [1.165, 1.54) is 36.4 Å². The van der Waals surface area contributed by atoms with Crippen molar-refractivity contribution in [3.63, 3.8) is 0 Å². The summed E-state index contributed by atoms with van der Waals surface area (Å²) in [5, 5.41) is 10.8. The van der Waals surface area contributed by atoms with Crippen LogP contribution in [0.15, 0.2) is 59.2 Å². The maximum Gasteiger partial charge on any atom is 0.416 e. The van der Waals surface area contributed by atoms with E-state index in [9.17, 15) is 28.1 Å². The Labute approximate surface area is 144 Å². The molecule has 0 amide bonds. The number of non-ortho nitro benzene ring substituents is 1. The van der Waals surface area contributed by atoms with Gasteiger partial charge in [-0.1, -0.05) is 24.3 Å². The van der Waals surface area contributed by atoms with E-state index in [-0.39, 0.29) is 28.4 Å². The lowest BCUT2D eigenvalue weighted by Gasteiger charge is -2.09. The van der Waals surface area contributed by atoms with Gasteiger partial charge < -0.3 is 4.74 Å². The number of cyclic esters (lactones) is 1. The summed E-state index contributed by atoms with van der Waals surface area (Å²) >= 11 is 0. The molecule has 2 aromatic rings. The van der Waals surface area contributed by atoms with Gasteiger partial charge in [-0.3, -0.25) is 10.1 Å². The smallest absolute Gasteiger partial charge is 0.402 e. The minimum Gasteiger partial charge on any atom is -0.402 e. The molecule has 0 bridgehead atoms. The van der Waals surface area contributed by atoms with Crippen LogP contribution < -0.4 is 0 Å². The number of alkyl halides is 3. The van der Waals surface area contributed by atoms with Gasteiger partial charge in [-0.25, -0.2) is 9.79 Å². The van der Waals surface area contributed by atoms with Gasteiger partial charge in [-0.05, 0) is 23.8 Å². The van der Waals surface area contributed by atoms with Crippen molar-refractivity contribution in [2.45, 2.75) is 6.18 Å². The van der Waals surface area contributed by atoms with E-state index in [0.717, 1.165) is 18.2 Å². The molecule has 9 heteroatoms. The first-order valence-electron chi connectivity index (χ1n) is 7.19. The Morgan fingerprint density at radius 2 is 1.85 bits per heavy atom. The molecule has 0 saturated heterocycles. The molecular weight excluding hydrogens is 353 g/mol. The van der Waals surface area contributed by atoms with Crippen LogP contribution in [0.3, 0.4) is 0 Å². The molecule has 0 fully saturated rings. The second-order valence-electron chi connectivity index (χ2n) is 5.23. The first-order chi connectivity index (χ1) is 12.3. The summed E-state index contributed by atoms with van der Waals surface area (Å²) in [6.45, 7) is 0. The van der Waals surface area contributed by atoms with Crippen LogP contribution in [0.5, 0.6) is 0 Å². The fourth-order valence-corrected chi connectivity index (χ4v) is 2.31. The molecule has 0 aromatic heterocycles. The average molecular weight is 362 g/mol. The Hall–Kier alpha value is -3.49. The van der Waals surface area contributed by atoms with Gasteiger partial charge in [0.1, 0.15) is 0 Å². The monoisotopic (exact) mass is 362 g/mol. The lowest BCUT2D eigenvalue weighted by molar-refractivity contribution is -0.384. The second-order valence-corrected chi connectivity index (χ2v) is 5.23. The number of hydrogen-bond acceptors (Lipinski definition) is 5. The van der Waals surface area contributed by atoms with E-state index in [2.05, 4.69) is 4.99 Å². The Kier molecular flexibility index (Phi) is 4.29. The van der Waals surface area contributed by atoms with Crippen molar-refractivity contribution in [1.29, 1.82) is 0 Å². The Morgan fingerprint density at radius 1 is 1.12 bits per heavy atom. The van der Waals surface area contributed by atoms with E-state index >= 15 is 0 Å². The number of nitro groups is 1. The Morgan fingerprint density at radius 3 is 2.54 bits per heavy atom. The average Bonchev–Trinajstić information content (AvgIpc) is 2.95. The third-order valence-corrected chi connectivity index (χ3v) is 3.48. The van der Waals surface area contributed by atoms with E-state index in [1.807, 2.05) is 0 Å². The maximum absolute atomic E-state index is 13.0. The largest absolute Gasteiger partial charge is 0.416 e.